The average Bonchev–Trinajstić information content (AvgIpc) is 3.34. The Morgan fingerprint density at radius 3 is 1.97 bits per heavy atom. The van der Waals surface area contributed by atoms with Gasteiger partial charge in [-0.15, -0.1) is 0 Å². The minimum atomic E-state index is -1.10. The van der Waals surface area contributed by atoms with E-state index in [4.69, 9.17) is 18.9 Å². The van der Waals surface area contributed by atoms with E-state index in [0.717, 1.165) is 21.3 Å². The molecular weight excluding hydrogens is 500 g/mol. The first-order valence-corrected chi connectivity index (χ1v) is 12.6. The first kappa shape index (κ1) is 26.4. The summed E-state index contributed by atoms with van der Waals surface area (Å²) in [5.74, 6) is 1.40. The van der Waals surface area contributed by atoms with Crippen molar-refractivity contribution in [3.8, 4) is 11.5 Å². The van der Waals surface area contributed by atoms with E-state index in [-0.39, 0.29) is 13.0 Å². The molecule has 2 heterocycles. The Balaban J connectivity index is 1.55. The summed E-state index contributed by atoms with van der Waals surface area (Å²) in [6.07, 6.45) is -1.31. The van der Waals surface area contributed by atoms with Gasteiger partial charge in [-0.25, -0.2) is 9.36 Å². The lowest BCUT2D eigenvalue weighted by molar-refractivity contribution is -0.0949. The molecule has 0 saturated carbocycles. The van der Waals surface area contributed by atoms with Crippen molar-refractivity contribution in [2.75, 3.05) is 20.8 Å². The zero-order valence-corrected chi connectivity index (χ0v) is 21.7. The van der Waals surface area contributed by atoms with Crippen LogP contribution in [-0.2, 0) is 15.1 Å². The highest BCUT2D eigenvalue weighted by Gasteiger charge is 2.42. The summed E-state index contributed by atoms with van der Waals surface area (Å²) < 4.78 is 24.6. The van der Waals surface area contributed by atoms with Gasteiger partial charge < -0.3 is 29.0 Å². The molecule has 202 valence electrons. The van der Waals surface area contributed by atoms with Crippen LogP contribution in [0.4, 0.5) is 0 Å². The molecule has 0 spiro atoms. The molecule has 0 amide bonds. The van der Waals surface area contributed by atoms with E-state index in [0.29, 0.717) is 11.5 Å². The van der Waals surface area contributed by atoms with Crippen LogP contribution in [0.2, 0.25) is 0 Å². The molecule has 0 aliphatic carbocycles. The molecule has 0 bridgehead atoms. The largest absolute Gasteiger partial charge is 0.497 e. The van der Waals surface area contributed by atoms with Gasteiger partial charge in [0.2, 0.25) is 0 Å². The molecule has 5 rings (SSSR count). The molecule has 1 fully saturated rings. The first-order chi connectivity index (χ1) is 19.0. The Labute approximate surface area is 225 Å². The van der Waals surface area contributed by atoms with Crippen LogP contribution < -0.4 is 20.7 Å². The molecule has 1 unspecified atom stereocenters. The summed E-state index contributed by atoms with van der Waals surface area (Å²) in [5.41, 5.74) is 0.324. The number of hydrogen-bond donors (Lipinski definition) is 2. The van der Waals surface area contributed by atoms with Crippen LogP contribution >= 0.6 is 0 Å². The second-order valence-electron chi connectivity index (χ2n) is 9.24. The van der Waals surface area contributed by atoms with Gasteiger partial charge in [0.05, 0.1) is 26.9 Å². The van der Waals surface area contributed by atoms with Crippen molar-refractivity contribution in [1.29, 1.82) is 0 Å². The van der Waals surface area contributed by atoms with Gasteiger partial charge >= 0.3 is 5.69 Å². The summed E-state index contributed by atoms with van der Waals surface area (Å²) in [6, 6.07) is 26.2. The number of nitrogens with one attached hydrogen (secondary N) is 1. The number of benzene rings is 3. The predicted molar refractivity (Wildman–Crippen MR) is 144 cm³/mol. The maximum Gasteiger partial charge on any atom is 0.330 e. The molecule has 1 aliphatic heterocycles. The van der Waals surface area contributed by atoms with E-state index < -0.39 is 35.3 Å². The van der Waals surface area contributed by atoms with Gasteiger partial charge in [-0.3, -0.25) is 4.79 Å². The van der Waals surface area contributed by atoms with E-state index >= 15 is 0 Å². The van der Waals surface area contributed by atoms with Crippen LogP contribution in [0.1, 0.15) is 29.3 Å². The number of rotatable bonds is 9. The van der Waals surface area contributed by atoms with Crippen molar-refractivity contribution in [3.05, 3.63) is 129 Å². The van der Waals surface area contributed by atoms with E-state index in [2.05, 4.69) is 4.98 Å². The number of aromatic amines is 1. The molecule has 0 radical (unpaired) electrons. The van der Waals surface area contributed by atoms with Crippen LogP contribution in [0.3, 0.4) is 0 Å². The SMILES string of the molecule is COc1ccc(C(OC[C@@H]2O[C@H](n3c(=O)cc[nH]c3=O)CC2O)(c2ccccc2)c2ccc(OC)cc2)cc1. The van der Waals surface area contributed by atoms with Crippen LogP contribution in [0, 0.1) is 0 Å². The summed E-state index contributed by atoms with van der Waals surface area (Å²) in [7, 11) is 3.22. The first-order valence-electron chi connectivity index (χ1n) is 12.6. The quantitative estimate of drug-likeness (QED) is 0.320. The van der Waals surface area contributed by atoms with Gasteiger partial charge in [0.15, 0.2) is 0 Å². The fourth-order valence-electron chi connectivity index (χ4n) is 5.01. The Morgan fingerprint density at radius 2 is 1.44 bits per heavy atom. The third kappa shape index (κ3) is 5.12. The van der Waals surface area contributed by atoms with Crippen LogP contribution in [-0.4, -0.2) is 47.7 Å². The Hall–Kier alpha value is -4.18. The van der Waals surface area contributed by atoms with Gasteiger partial charge in [-0.2, -0.15) is 0 Å². The lowest BCUT2D eigenvalue weighted by atomic mass is 9.80. The van der Waals surface area contributed by atoms with Gasteiger partial charge in [0, 0.05) is 18.7 Å². The topological polar surface area (TPSA) is 112 Å². The van der Waals surface area contributed by atoms with Crippen LogP contribution in [0.5, 0.6) is 11.5 Å². The number of H-pyrrole nitrogens is 1. The molecule has 3 aromatic carbocycles. The summed E-state index contributed by atoms with van der Waals surface area (Å²) in [4.78, 5) is 27.1. The van der Waals surface area contributed by atoms with Crippen molar-refractivity contribution in [3.63, 3.8) is 0 Å². The van der Waals surface area contributed by atoms with Crippen LogP contribution in [0.25, 0.3) is 0 Å². The maximum atomic E-state index is 12.3. The maximum absolute atomic E-state index is 12.3. The molecule has 9 heteroatoms. The van der Waals surface area contributed by atoms with Crippen LogP contribution in [0.15, 0.2) is 101 Å². The lowest BCUT2D eigenvalue weighted by Gasteiger charge is -2.37. The normalized spacial score (nSPS) is 19.1. The number of aliphatic hydroxyl groups is 1. The molecule has 9 nitrogen and oxygen atoms in total. The zero-order valence-electron chi connectivity index (χ0n) is 21.7. The molecule has 3 atom stereocenters. The highest BCUT2D eigenvalue weighted by atomic mass is 16.6. The minimum absolute atomic E-state index is 0.0237. The molecule has 39 heavy (non-hydrogen) atoms. The molecule has 1 aromatic heterocycles. The summed E-state index contributed by atoms with van der Waals surface area (Å²) in [6.45, 7) is -0.0237. The van der Waals surface area contributed by atoms with Crippen molar-refractivity contribution in [1.82, 2.24) is 9.55 Å². The molecule has 1 aliphatic rings. The average molecular weight is 531 g/mol. The van der Waals surface area contributed by atoms with Gasteiger partial charge in [-0.05, 0) is 41.0 Å². The number of ether oxygens (including phenoxy) is 4. The standard InChI is InChI=1S/C30H30N2O7/c1-36-23-12-8-21(9-13-23)30(20-6-4-3-5-7-20,22-10-14-24(37-2)15-11-22)38-19-26-25(33)18-28(39-26)32-27(34)16-17-31-29(32)35/h3-17,25-26,28,33H,18-19H2,1-2H3,(H,31,35)/t25?,26-,28-/m0/s1. The third-order valence-corrected chi connectivity index (χ3v) is 7.02. The highest BCUT2D eigenvalue weighted by Crippen LogP contribution is 2.42. The summed E-state index contributed by atoms with van der Waals surface area (Å²) in [5, 5.41) is 10.9. The highest BCUT2D eigenvalue weighted by molar-refractivity contribution is 5.49. The fraction of sp³-hybridized carbons (Fsp3) is 0.267. The van der Waals surface area contributed by atoms with Gasteiger partial charge in [0.25, 0.3) is 5.56 Å². The van der Waals surface area contributed by atoms with Gasteiger partial charge in [0.1, 0.15) is 29.4 Å². The van der Waals surface area contributed by atoms with Crippen molar-refractivity contribution in [2.45, 2.75) is 30.5 Å². The second kappa shape index (κ2) is 11.3. The van der Waals surface area contributed by atoms with Crippen molar-refractivity contribution >= 4 is 0 Å². The van der Waals surface area contributed by atoms with E-state index in [1.165, 1.54) is 12.3 Å². The minimum Gasteiger partial charge on any atom is -0.497 e. The molecule has 2 N–H and O–H groups in total. The van der Waals surface area contributed by atoms with Crippen molar-refractivity contribution in [2.24, 2.45) is 0 Å². The Morgan fingerprint density at radius 1 is 0.872 bits per heavy atom. The number of methoxy groups -OCH3 is 2. The number of nitrogens with zero attached hydrogens (tertiary/aromatic N) is 1. The zero-order chi connectivity index (χ0) is 27.4. The van der Waals surface area contributed by atoms with Crippen molar-refractivity contribution < 1.29 is 24.1 Å². The lowest BCUT2D eigenvalue weighted by Crippen LogP contribution is -2.39. The Bertz CT molecular complexity index is 1420. The van der Waals surface area contributed by atoms with E-state index in [1.54, 1.807) is 14.2 Å². The number of hydrogen-bond acceptors (Lipinski definition) is 7. The number of aromatic nitrogens is 2. The molecular formula is C30H30N2O7. The monoisotopic (exact) mass is 530 g/mol. The second-order valence-corrected chi connectivity index (χ2v) is 9.24. The summed E-state index contributed by atoms with van der Waals surface area (Å²) >= 11 is 0. The molecule has 1 saturated heterocycles. The predicted octanol–water partition coefficient (Wildman–Crippen LogP) is 3.21. The molecule has 4 aromatic rings. The van der Waals surface area contributed by atoms with E-state index in [9.17, 15) is 14.7 Å². The van der Waals surface area contributed by atoms with E-state index in [1.807, 2.05) is 78.9 Å². The smallest absolute Gasteiger partial charge is 0.330 e. The Kier molecular flexibility index (Phi) is 7.65. The fourth-order valence-corrected chi connectivity index (χ4v) is 5.01. The number of aliphatic hydroxyl groups excluding tert-OH is 1. The third-order valence-electron chi connectivity index (χ3n) is 7.02. The van der Waals surface area contributed by atoms with Gasteiger partial charge in [-0.1, -0.05) is 54.6 Å².